The smallest absolute Gasteiger partial charge is 0.264 e. The van der Waals surface area contributed by atoms with Gasteiger partial charge in [-0.05, 0) is 55.3 Å². The standard InChI is InChI=1S/C20H15F2N5O2S/c21-13-5-8-16(22)17(9-13)30(28,29)27-14-6-3-12(4-7-14)19-24-18(11-1-2-11)15-10-23-26-20(15)25-19/h3-11,27H,1-2H2,(H,23,24,25,26). The third kappa shape index (κ3) is 3.39. The Morgan fingerprint density at radius 3 is 2.53 bits per heavy atom. The van der Waals surface area contributed by atoms with Crippen LogP contribution in [0.15, 0.2) is 53.6 Å². The number of fused-ring (bicyclic) bond motifs is 1. The Balaban J connectivity index is 1.45. The SMILES string of the molecule is O=S(=O)(Nc1ccc(-c2nc(C3CC3)c3cn[nH]c3n2)cc1)c1cc(F)ccc1F. The number of anilines is 1. The number of aromatic nitrogens is 4. The van der Waals surface area contributed by atoms with Crippen LogP contribution in [0.4, 0.5) is 14.5 Å². The highest BCUT2D eigenvalue weighted by atomic mass is 32.2. The zero-order valence-electron chi connectivity index (χ0n) is 15.4. The lowest BCUT2D eigenvalue weighted by molar-refractivity contribution is 0.555. The van der Waals surface area contributed by atoms with Crippen LogP contribution < -0.4 is 4.72 Å². The summed E-state index contributed by atoms with van der Waals surface area (Å²) in [7, 11) is -4.28. The maximum Gasteiger partial charge on any atom is 0.264 e. The second-order valence-electron chi connectivity index (χ2n) is 7.10. The van der Waals surface area contributed by atoms with E-state index >= 15 is 0 Å². The minimum atomic E-state index is -4.28. The van der Waals surface area contributed by atoms with Crippen LogP contribution in [-0.4, -0.2) is 28.6 Å². The molecule has 152 valence electrons. The van der Waals surface area contributed by atoms with E-state index in [2.05, 4.69) is 24.9 Å². The van der Waals surface area contributed by atoms with Crippen molar-refractivity contribution in [2.75, 3.05) is 4.72 Å². The highest BCUT2D eigenvalue weighted by Gasteiger charge is 2.28. The third-order valence-electron chi connectivity index (χ3n) is 4.88. The average molecular weight is 427 g/mol. The van der Waals surface area contributed by atoms with Crippen LogP contribution in [0.5, 0.6) is 0 Å². The van der Waals surface area contributed by atoms with Gasteiger partial charge in [0.05, 0.1) is 17.3 Å². The fourth-order valence-corrected chi connectivity index (χ4v) is 4.38. The Kier molecular flexibility index (Phi) is 4.24. The van der Waals surface area contributed by atoms with Crippen molar-refractivity contribution < 1.29 is 17.2 Å². The Hall–Kier alpha value is -3.40. The van der Waals surface area contributed by atoms with Crippen molar-refractivity contribution in [2.45, 2.75) is 23.7 Å². The van der Waals surface area contributed by atoms with Crippen LogP contribution in [0, 0.1) is 11.6 Å². The van der Waals surface area contributed by atoms with E-state index in [4.69, 9.17) is 0 Å². The molecule has 0 unspecified atom stereocenters. The Morgan fingerprint density at radius 1 is 1.03 bits per heavy atom. The summed E-state index contributed by atoms with van der Waals surface area (Å²) in [6.45, 7) is 0. The van der Waals surface area contributed by atoms with Gasteiger partial charge in [-0.1, -0.05) is 0 Å². The van der Waals surface area contributed by atoms with Gasteiger partial charge in [-0.2, -0.15) is 5.10 Å². The first-order chi connectivity index (χ1) is 14.4. The molecule has 1 fully saturated rings. The number of nitrogens with zero attached hydrogens (tertiary/aromatic N) is 3. The topological polar surface area (TPSA) is 101 Å². The molecule has 1 aliphatic rings. The summed E-state index contributed by atoms with van der Waals surface area (Å²) in [6, 6.07) is 8.62. The first-order valence-corrected chi connectivity index (χ1v) is 10.7. The molecular formula is C20H15F2N5O2S. The summed E-state index contributed by atoms with van der Waals surface area (Å²) in [5, 5.41) is 7.81. The number of sulfonamides is 1. The Labute approximate surface area is 170 Å². The number of benzene rings is 2. The van der Waals surface area contributed by atoms with Crippen LogP contribution >= 0.6 is 0 Å². The summed E-state index contributed by atoms with van der Waals surface area (Å²) in [5.41, 5.74) is 2.49. The molecule has 7 nitrogen and oxygen atoms in total. The number of halogens is 2. The van der Waals surface area contributed by atoms with Crippen LogP contribution in [0.3, 0.4) is 0 Å². The highest BCUT2D eigenvalue weighted by molar-refractivity contribution is 7.92. The minimum absolute atomic E-state index is 0.201. The molecule has 0 atom stereocenters. The van der Waals surface area contributed by atoms with E-state index in [0.717, 1.165) is 36.1 Å². The molecular weight excluding hydrogens is 412 g/mol. The molecule has 2 heterocycles. The number of nitrogens with one attached hydrogen (secondary N) is 2. The number of rotatable bonds is 5. The van der Waals surface area contributed by atoms with Gasteiger partial charge in [0, 0.05) is 17.2 Å². The fraction of sp³-hybridized carbons (Fsp3) is 0.150. The number of aromatic amines is 1. The quantitative estimate of drug-likeness (QED) is 0.502. The molecule has 4 aromatic rings. The zero-order valence-corrected chi connectivity index (χ0v) is 16.2. The van der Waals surface area contributed by atoms with Gasteiger partial charge >= 0.3 is 0 Å². The van der Waals surface area contributed by atoms with Gasteiger partial charge in [0.15, 0.2) is 11.5 Å². The third-order valence-corrected chi connectivity index (χ3v) is 6.28. The maximum atomic E-state index is 13.9. The van der Waals surface area contributed by atoms with Gasteiger partial charge < -0.3 is 0 Å². The molecule has 0 amide bonds. The highest BCUT2D eigenvalue weighted by Crippen LogP contribution is 2.42. The van der Waals surface area contributed by atoms with Crippen LogP contribution in [0.2, 0.25) is 0 Å². The molecule has 0 aliphatic heterocycles. The fourth-order valence-electron chi connectivity index (χ4n) is 3.23. The Morgan fingerprint density at radius 2 is 1.80 bits per heavy atom. The molecule has 0 radical (unpaired) electrons. The van der Waals surface area contributed by atoms with E-state index in [0.29, 0.717) is 29.0 Å². The monoisotopic (exact) mass is 427 g/mol. The largest absolute Gasteiger partial charge is 0.280 e. The molecule has 1 saturated carbocycles. The van der Waals surface area contributed by atoms with Crippen molar-refractivity contribution in [3.05, 3.63) is 66.0 Å². The maximum absolute atomic E-state index is 13.9. The predicted molar refractivity (Wildman–Crippen MR) is 106 cm³/mol. The normalized spacial score (nSPS) is 14.2. The van der Waals surface area contributed by atoms with Gasteiger partial charge in [0.1, 0.15) is 16.5 Å². The van der Waals surface area contributed by atoms with Gasteiger partial charge in [0.2, 0.25) is 0 Å². The van der Waals surface area contributed by atoms with Crippen molar-refractivity contribution in [3.8, 4) is 11.4 Å². The van der Waals surface area contributed by atoms with E-state index in [-0.39, 0.29) is 5.69 Å². The van der Waals surface area contributed by atoms with Gasteiger partial charge in [-0.25, -0.2) is 27.2 Å². The lowest BCUT2D eigenvalue weighted by atomic mass is 10.1. The predicted octanol–water partition coefficient (Wildman–Crippen LogP) is 3.98. The van der Waals surface area contributed by atoms with Crippen molar-refractivity contribution in [2.24, 2.45) is 0 Å². The number of hydrogen-bond donors (Lipinski definition) is 2. The summed E-state index contributed by atoms with van der Waals surface area (Å²) >= 11 is 0. The summed E-state index contributed by atoms with van der Waals surface area (Å²) in [6.07, 6.45) is 3.87. The van der Waals surface area contributed by atoms with E-state index in [1.165, 1.54) is 12.1 Å². The van der Waals surface area contributed by atoms with E-state index in [1.54, 1.807) is 18.3 Å². The van der Waals surface area contributed by atoms with Crippen molar-refractivity contribution >= 4 is 26.7 Å². The van der Waals surface area contributed by atoms with Crippen molar-refractivity contribution in [3.63, 3.8) is 0 Å². The first-order valence-electron chi connectivity index (χ1n) is 9.20. The van der Waals surface area contributed by atoms with Crippen molar-refractivity contribution in [1.82, 2.24) is 20.2 Å². The van der Waals surface area contributed by atoms with Crippen molar-refractivity contribution in [1.29, 1.82) is 0 Å². The van der Waals surface area contributed by atoms with E-state index < -0.39 is 26.6 Å². The van der Waals surface area contributed by atoms with Crippen LogP contribution in [-0.2, 0) is 10.0 Å². The van der Waals surface area contributed by atoms with Crippen LogP contribution in [0.1, 0.15) is 24.5 Å². The number of hydrogen-bond acceptors (Lipinski definition) is 5. The molecule has 2 aromatic carbocycles. The summed E-state index contributed by atoms with van der Waals surface area (Å²) in [4.78, 5) is 8.41. The summed E-state index contributed by atoms with van der Waals surface area (Å²) in [5.74, 6) is -0.974. The first kappa shape index (κ1) is 18.6. The molecule has 1 aliphatic carbocycles. The lowest BCUT2D eigenvalue weighted by Gasteiger charge is -2.10. The molecule has 30 heavy (non-hydrogen) atoms. The van der Waals surface area contributed by atoms with Gasteiger partial charge in [0.25, 0.3) is 10.0 Å². The van der Waals surface area contributed by atoms with E-state index in [9.17, 15) is 17.2 Å². The molecule has 2 aromatic heterocycles. The Bertz CT molecular complexity index is 1370. The molecule has 0 bridgehead atoms. The zero-order chi connectivity index (χ0) is 20.9. The molecule has 10 heteroatoms. The average Bonchev–Trinajstić information content (AvgIpc) is 3.46. The second kappa shape index (κ2) is 6.84. The summed E-state index contributed by atoms with van der Waals surface area (Å²) < 4.78 is 54.3. The molecule has 5 rings (SSSR count). The number of H-pyrrole nitrogens is 1. The minimum Gasteiger partial charge on any atom is -0.280 e. The molecule has 0 spiro atoms. The van der Waals surface area contributed by atoms with Gasteiger partial charge in [-0.3, -0.25) is 9.82 Å². The lowest BCUT2D eigenvalue weighted by Crippen LogP contribution is -2.14. The van der Waals surface area contributed by atoms with E-state index in [1.807, 2.05) is 0 Å². The van der Waals surface area contributed by atoms with Gasteiger partial charge in [-0.15, -0.1) is 0 Å². The van der Waals surface area contributed by atoms with Crippen LogP contribution in [0.25, 0.3) is 22.4 Å². The molecule has 2 N–H and O–H groups in total. The second-order valence-corrected chi connectivity index (χ2v) is 8.75. The molecule has 0 saturated heterocycles.